The molecule has 0 fully saturated rings. The Morgan fingerprint density at radius 2 is 1.00 bits per heavy atom. The maximum absolute atomic E-state index is 0. The molecule has 5 heavy (non-hydrogen) atoms. The van der Waals surface area contributed by atoms with Crippen molar-refractivity contribution < 1.29 is 16.4 Å². The van der Waals surface area contributed by atoms with Gasteiger partial charge in [-0.1, -0.05) is 0 Å². The van der Waals surface area contributed by atoms with Crippen LogP contribution in [0.2, 0.25) is 0 Å². The zero-order valence-electron chi connectivity index (χ0n) is 2.64. The quantitative estimate of drug-likeness (QED) is 0.498. The zero-order chi connectivity index (χ0) is 0. The minimum Gasteiger partial charge on any atom is -2.00 e. The summed E-state index contributed by atoms with van der Waals surface area (Å²) in [6.45, 7) is 0. The van der Waals surface area contributed by atoms with Crippen LogP contribution in [0.3, 0.4) is 0 Å². The Hall–Kier alpha value is 0.710. The van der Waals surface area contributed by atoms with Crippen molar-refractivity contribution in [1.29, 1.82) is 0 Å². The van der Waals surface area contributed by atoms with Crippen LogP contribution in [0.4, 0.5) is 0 Å². The molecule has 0 radical (unpaired) electrons. The number of hydrogen-bond donors (Lipinski definition) is 1. The molecule has 0 heterocycles. The normalized spacial score (nSPS) is 0. The van der Waals surface area contributed by atoms with Crippen LogP contribution in [0.1, 0.15) is 0 Å². The third-order valence-corrected chi connectivity index (χ3v) is 0. The summed E-state index contributed by atoms with van der Waals surface area (Å²) >= 11 is 0. The largest absolute Gasteiger partial charge is 3.00 e. The van der Waals surface area contributed by atoms with Gasteiger partial charge in [0.2, 0.25) is 0 Å². The van der Waals surface area contributed by atoms with Gasteiger partial charge in [-0.05, 0) is 0 Å². The molecular formula is H6InNO3. The fourth-order valence-corrected chi connectivity index (χ4v) is 0. The standard InChI is InChI=1S/In.H3N.2H2O.O/h;1H3;2*1H2;/q+3;;;;-2/p-1. The molecule has 0 atom stereocenters. The molecule has 32 valence electrons. The van der Waals surface area contributed by atoms with Crippen molar-refractivity contribution in [2.24, 2.45) is 0 Å². The van der Waals surface area contributed by atoms with Gasteiger partial charge >= 0.3 is 25.8 Å². The fourth-order valence-electron chi connectivity index (χ4n) is 0. The maximum atomic E-state index is 0. The van der Waals surface area contributed by atoms with Crippen molar-refractivity contribution in [2.75, 3.05) is 0 Å². The van der Waals surface area contributed by atoms with Crippen molar-refractivity contribution in [3.8, 4) is 0 Å². The van der Waals surface area contributed by atoms with Crippen LogP contribution in [-0.4, -0.2) is 36.8 Å². The van der Waals surface area contributed by atoms with Gasteiger partial charge < -0.3 is 22.6 Å². The van der Waals surface area contributed by atoms with Gasteiger partial charge in [-0.25, -0.2) is 0 Å². The molecular weight excluding hydrogens is 177 g/mol. The van der Waals surface area contributed by atoms with Gasteiger partial charge in [-0.3, -0.25) is 0 Å². The molecule has 6 N–H and O–H groups in total. The van der Waals surface area contributed by atoms with Gasteiger partial charge in [-0.15, -0.1) is 0 Å². The topological polar surface area (TPSA) is 125 Å². The van der Waals surface area contributed by atoms with Crippen LogP contribution < -0.4 is 6.15 Å². The van der Waals surface area contributed by atoms with Crippen molar-refractivity contribution in [3.63, 3.8) is 0 Å². The Kier molecular flexibility index (Phi) is 6460. The van der Waals surface area contributed by atoms with E-state index in [1.165, 1.54) is 0 Å². The molecule has 0 rings (SSSR count). The van der Waals surface area contributed by atoms with E-state index in [0.29, 0.717) is 0 Å². The van der Waals surface area contributed by atoms with Crippen molar-refractivity contribution in [2.45, 2.75) is 0 Å². The number of hydrogen-bond acceptors (Lipinski definition) is 2. The first-order chi connectivity index (χ1) is 0. The second-order valence-corrected chi connectivity index (χ2v) is 0. The monoisotopic (exact) mass is 183 g/mol. The second kappa shape index (κ2) is 129. The molecule has 0 aliphatic carbocycles. The molecule has 5 heteroatoms. The van der Waals surface area contributed by atoms with Crippen LogP contribution in [0.25, 0.3) is 0 Å². The van der Waals surface area contributed by atoms with Gasteiger partial charge in [0.25, 0.3) is 0 Å². The molecule has 0 spiro atoms. The third kappa shape index (κ3) is 68.6. The Labute approximate surface area is 48.9 Å². The van der Waals surface area contributed by atoms with E-state index in [4.69, 9.17) is 0 Å². The molecule has 0 aromatic carbocycles. The van der Waals surface area contributed by atoms with Crippen LogP contribution in [-0.2, 0) is 5.48 Å². The Bertz CT molecular complexity index is 6.85. The van der Waals surface area contributed by atoms with Gasteiger partial charge in [0.05, 0.1) is 0 Å². The maximum Gasteiger partial charge on any atom is 3.00 e. The molecule has 0 amide bonds. The average Bonchev–Trinajstić information content (AvgIpc) is 0. The van der Waals surface area contributed by atoms with E-state index in [2.05, 4.69) is 0 Å². The van der Waals surface area contributed by atoms with Gasteiger partial charge in [-0.2, -0.15) is 0 Å². The summed E-state index contributed by atoms with van der Waals surface area (Å²) in [5, 5.41) is 0. The van der Waals surface area contributed by atoms with E-state index in [-0.39, 0.29) is 48.4 Å². The molecule has 0 aromatic rings. The first kappa shape index (κ1) is 251. The number of rotatable bonds is 0. The molecule has 0 saturated carbocycles. The summed E-state index contributed by atoms with van der Waals surface area (Å²) in [7, 11) is 0. The third-order valence-electron chi connectivity index (χ3n) is 0. The smallest absolute Gasteiger partial charge is 2.00 e. The van der Waals surface area contributed by atoms with E-state index < -0.39 is 0 Å². The summed E-state index contributed by atoms with van der Waals surface area (Å²) in [5.74, 6) is 0. The fraction of sp³-hybridized carbons (Fsp3) is 0. The molecule has 0 saturated heterocycles. The Morgan fingerprint density at radius 3 is 1.00 bits per heavy atom. The summed E-state index contributed by atoms with van der Waals surface area (Å²) in [5.41, 5.74) is 0. The molecule has 0 bridgehead atoms. The van der Waals surface area contributed by atoms with Crippen LogP contribution in [0.15, 0.2) is 0 Å². The second-order valence-electron chi connectivity index (χ2n) is 0. The summed E-state index contributed by atoms with van der Waals surface area (Å²) in [6.07, 6.45) is 0. The molecule has 0 aliphatic rings. The Balaban J connectivity index is 0. The predicted octanol–water partition coefficient (Wildman–Crippen LogP) is -1.34. The Morgan fingerprint density at radius 1 is 1.00 bits per heavy atom. The van der Waals surface area contributed by atoms with Crippen LogP contribution in [0, 0.1) is 0 Å². The van der Waals surface area contributed by atoms with E-state index in [0.717, 1.165) is 0 Å². The first-order valence-corrected chi connectivity index (χ1v) is 0. The van der Waals surface area contributed by atoms with Gasteiger partial charge in [0.1, 0.15) is 0 Å². The first-order valence-electron chi connectivity index (χ1n) is 0. The van der Waals surface area contributed by atoms with Gasteiger partial charge in [0, 0.05) is 0 Å². The van der Waals surface area contributed by atoms with Crippen molar-refractivity contribution >= 4 is 25.8 Å². The van der Waals surface area contributed by atoms with E-state index in [1.807, 2.05) is 0 Å². The predicted molar refractivity (Wildman–Crippen MR) is 17.0 cm³/mol. The molecule has 4 nitrogen and oxygen atoms in total. The minimum atomic E-state index is 0. The van der Waals surface area contributed by atoms with Crippen molar-refractivity contribution in [1.82, 2.24) is 6.15 Å². The minimum absolute atomic E-state index is 0. The SMILES string of the molecule is N.O.[In+3].[O-2].[OH-]. The molecule has 0 aromatic heterocycles. The van der Waals surface area contributed by atoms with Crippen molar-refractivity contribution in [3.05, 3.63) is 0 Å². The summed E-state index contributed by atoms with van der Waals surface area (Å²) < 4.78 is 0. The van der Waals surface area contributed by atoms with E-state index >= 15 is 0 Å². The van der Waals surface area contributed by atoms with Crippen LogP contribution in [0.5, 0.6) is 0 Å². The van der Waals surface area contributed by atoms with E-state index in [9.17, 15) is 0 Å². The van der Waals surface area contributed by atoms with Gasteiger partial charge in [0.15, 0.2) is 0 Å². The van der Waals surface area contributed by atoms with Crippen LogP contribution >= 0.6 is 0 Å². The van der Waals surface area contributed by atoms with E-state index in [1.54, 1.807) is 0 Å². The molecule has 0 unspecified atom stereocenters. The molecule has 0 aliphatic heterocycles. The average molecular weight is 183 g/mol. The zero-order valence-corrected chi connectivity index (χ0v) is 5.94. The summed E-state index contributed by atoms with van der Waals surface area (Å²) in [4.78, 5) is 0. The summed E-state index contributed by atoms with van der Waals surface area (Å²) in [6, 6.07) is 0.